The molecule has 10 nitrogen and oxygen atoms in total. The molecule has 0 saturated carbocycles. The van der Waals surface area contributed by atoms with Crippen LogP contribution in [0, 0.1) is 5.92 Å². The third-order valence-corrected chi connectivity index (χ3v) is 8.49. The zero-order valence-electron chi connectivity index (χ0n) is 25.0. The van der Waals surface area contributed by atoms with E-state index in [9.17, 15) is 18.0 Å². The molecule has 0 spiro atoms. The maximum absolute atomic E-state index is 12.5. The van der Waals surface area contributed by atoms with Crippen LogP contribution in [0.2, 0.25) is 10.0 Å². The number of carbonyl (C=O) groups is 2. The first-order valence-electron chi connectivity index (χ1n) is 14.5. The monoisotopic (exact) mass is 657 g/mol. The topological polar surface area (TPSA) is 154 Å². The predicted octanol–water partition coefficient (Wildman–Crippen LogP) is 3.18. The number of hydrogen-bond donors (Lipinski definition) is 5. The third-order valence-electron chi connectivity index (χ3n) is 7.33. The maximum atomic E-state index is 12.5. The molecule has 0 radical (unpaired) electrons. The van der Waals surface area contributed by atoms with E-state index in [-0.39, 0.29) is 25.6 Å². The highest BCUT2D eigenvalue weighted by molar-refractivity contribution is 7.88. The summed E-state index contributed by atoms with van der Waals surface area (Å²) < 4.78 is 24.4. The van der Waals surface area contributed by atoms with Gasteiger partial charge >= 0.3 is 0 Å². The van der Waals surface area contributed by atoms with Crippen LogP contribution >= 0.6 is 23.2 Å². The van der Waals surface area contributed by atoms with Gasteiger partial charge in [0.15, 0.2) is 0 Å². The normalized spacial score (nSPS) is 16.9. The fourth-order valence-corrected chi connectivity index (χ4v) is 5.48. The second-order valence-electron chi connectivity index (χ2n) is 10.6. The summed E-state index contributed by atoms with van der Waals surface area (Å²) >= 11 is 11.6. The van der Waals surface area contributed by atoms with E-state index in [2.05, 4.69) is 22.3 Å². The lowest BCUT2D eigenvalue weighted by Gasteiger charge is -2.24. The first kappa shape index (κ1) is 36.9. The molecule has 0 aromatic heterocycles. The Balaban J connectivity index is 0.000000305. The van der Waals surface area contributed by atoms with Crippen molar-refractivity contribution in [1.29, 1.82) is 0 Å². The Bertz CT molecular complexity index is 1260. The summed E-state index contributed by atoms with van der Waals surface area (Å²) in [5.41, 5.74) is 8.29. The van der Waals surface area contributed by atoms with E-state index < -0.39 is 22.0 Å². The predicted molar refractivity (Wildman–Crippen MR) is 172 cm³/mol. The molecule has 43 heavy (non-hydrogen) atoms. The summed E-state index contributed by atoms with van der Waals surface area (Å²) in [5, 5.41) is 16.0. The number of benzene rings is 2. The Morgan fingerprint density at radius 3 is 2.26 bits per heavy atom. The van der Waals surface area contributed by atoms with Crippen LogP contribution < -0.4 is 21.1 Å². The molecule has 2 amide bonds. The van der Waals surface area contributed by atoms with Gasteiger partial charge in [0.1, 0.15) is 6.04 Å². The fourth-order valence-electron chi connectivity index (χ4n) is 4.77. The number of likely N-dealkylation sites (tertiary alicyclic amines) is 1. The second-order valence-corrected chi connectivity index (χ2v) is 13.3. The summed E-state index contributed by atoms with van der Waals surface area (Å²) in [6, 6.07) is 11.8. The summed E-state index contributed by atoms with van der Waals surface area (Å²) in [5.74, 6) is 0.327. The number of aliphatic hydroxyl groups excluding tert-OH is 1. The minimum atomic E-state index is -3.47. The van der Waals surface area contributed by atoms with Gasteiger partial charge in [-0.05, 0) is 85.6 Å². The van der Waals surface area contributed by atoms with Crippen molar-refractivity contribution in [1.82, 2.24) is 20.3 Å². The van der Waals surface area contributed by atoms with E-state index in [0.717, 1.165) is 28.9 Å². The highest BCUT2D eigenvalue weighted by Gasteiger charge is 2.34. The van der Waals surface area contributed by atoms with Gasteiger partial charge in [-0.25, -0.2) is 13.1 Å². The number of nitrogens with zero attached hydrogens (tertiary/aromatic N) is 1. The van der Waals surface area contributed by atoms with Crippen LogP contribution in [0.25, 0.3) is 0 Å². The summed E-state index contributed by atoms with van der Waals surface area (Å²) in [6.45, 7) is 5.52. The van der Waals surface area contributed by atoms with Crippen molar-refractivity contribution in [3.8, 4) is 0 Å². The van der Waals surface area contributed by atoms with Crippen LogP contribution in [0.5, 0.6) is 0 Å². The highest BCUT2D eigenvalue weighted by Crippen LogP contribution is 2.19. The minimum Gasteiger partial charge on any atom is -0.392 e. The van der Waals surface area contributed by atoms with E-state index in [1.165, 1.54) is 37.3 Å². The molecule has 1 unspecified atom stereocenters. The van der Waals surface area contributed by atoms with Gasteiger partial charge in [0.05, 0.1) is 19.4 Å². The van der Waals surface area contributed by atoms with Crippen molar-refractivity contribution in [2.45, 2.75) is 64.8 Å². The zero-order valence-corrected chi connectivity index (χ0v) is 27.3. The number of hydrogen-bond acceptors (Lipinski definition) is 7. The molecular weight excluding hydrogens is 613 g/mol. The number of amides is 2. The smallest absolute Gasteiger partial charge is 0.243 e. The van der Waals surface area contributed by atoms with Crippen LogP contribution in [0.4, 0.5) is 0 Å². The number of halogens is 2. The van der Waals surface area contributed by atoms with Crippen LogP contribution in [-0.2, 0) is 39.3 Å². The number of nitrogens with one attached hydrogen (secondary N) is 3. The van der Waals surface area contributed by atoms with Crippen LogP contribution in [0.3, 0.4) is 0 Å². The van der Waals surface area contributed by atoms with Crippen molar-refractivity contribution in [2.75, 3.05) is 32.4 Å². The van der Waals surface area contributed by atoms with Crippen molar-refractivity contribution in [2.24, 2.45) is 11.7 Å². The van der Waals surface area contributed by atoms with E-state index in [0.29, 0.717) is 36.0 Å². The molecule has 1 atom stereocenters. The average Bonchev–Trinajstić information content (AvgIpc) is 3.50. The quantitative estimate of drug-likeness (QED) is 0.278. The van der Waals surface area contributed by atoms with Crippen molar-refractivity contribution >= 4 is 45.0 Å². The molecule has 0 bridgehead atoms. The molecule has 2 saturated heterocycles. The largest absolute Gasteiger partial charge is 0.392 e. The SMILES string of the molecule is CCC1CCNCC1.CS(=O)(=O)NCC(=O)N1CCCC1C(=O)NCc1cc(Cl)ccc1CN.OCc1ccc(Cl)cc1. The molecule has 6 N–H and O–H groups in total. The lowest BCUT2D eigenvalue weighted by atomic mass is 9.96. The Morgan fingerprint density at radius 1 is 1.05 bits per heavy atom. The van der Waals surface area contributed by atoms with Gasteiger partial charge in [-0.1, -0.05) is 54.7 Å². The highest BCUT2D eigenvalue weighted by atomic mass is 35.5. The van der Waals surface area contributed by atoms with Gasteiger partial charge in [-0.3, -0.25) is 9.59 Å². The summed E-state index contributed by atoms with van der Waals surface area (Å²) in [7, 11) is -3.47. The summed E-state index contributed by atoms with van der Waals surface area (Å²) in [4.78, 5) is 26.1. The van der Waals surface area contributed by atoms with Crippen LogP contribution in [-0.4, -0.2) is 68.7 Å². The Kier molecular flexibility index (Phi) is 16.5. The molecule has 13 heteroatoms. The molecular formula is C30H45Cl2N5O5S. The van der Waals surface area contributed by atoms with Gasteiger partial charge in [-0.15, -0.1) is 0 Å². The van der Waals surface area contributed by atoms with E-state index in [1.54, 1.807) is 36.4 Å². The lowest BCUT2D eigenvalue weighted by molar-refractivity contribution is -0.137. The average molecular weight is 659 g/mol. The van der Waals surface area contributed by atoms with Gasteiger partial charge in [0, 0.05) is 29.7 Å². The van der Waals surface area contributed by atoms with E-state index >= 15 is 0 Å². The van der Waals surface area contributed by atoms with E-state index in [1.807, 2.05) is 6.07 Å². The molecule has 2 aliphatic rings. The molecule has 2 fully saturated rings. The van der Waals surface area contributed by atoms with E-state index in [4.69, 9.17) is 34.0 Å². The molecule has 4 rings (SSSR count). The van der Waals surface area contributed by atoms with Gasteiger partial charge in [0.2, 0.25) is 21.8 Å². The molecule has 2 aromatic rings. The van der Waals surface area contributed by atoms with Gasteiger partial charge < -0.3 is 26.4 Å². The standard InChI is InChI=1S/C16H23ClN4O4S.C7H7ClO.C7H15N/c1-26(24,25)20-10-15(22)21-6-2-3-14(21)16(23)19-9-12-7-13(17)5-4-11(12)8-18;8-7-3-1-6(5-9)2-4-7;1-2-7-3-5-8-6-4-7/h4-5,7,14,20H,2-3,6,8-10,18H2,1H3,(H,19,23);1-4,9H,5H2;7-8H,2-6H2,1H3. The number of nitrogens with two attached hydrogens (primary N) is 1. The van der Waals surface area contributed by atoms with Crippen molar-refractivity contribution in [3.05, 3.63) is 69.2 Å². The Labute approximate surface area is 265 Å². The van der Waals surface area contributed by atoms with Crippen LogP contribution in [0.15, 0.2) is 42.5 Å². The Hall–Kier alpha value is -2.25. The third kappa shape index (κ3) is 13.9. The number of sulfonamides is 1. The maximum Gasteiger partial charge on any atom is 0.243 e. The molecule has 240 valence electrons. The lowest BCUT2D eigenvalue weighted by Crippen LogP contribution is -2.48. The first-order chi connectivity index (χ1) is 20.5. The molecule has 2 aromatic carbocycles. The number of aliphatic hydroxyl groups is 1. The molecule has 2 aliphatic heterocycles. The number of carbonyl (C=O) groups excluding carboxylic acids is 2. The Morgan fingerprint density at radius 2 is 1.70 bits per heavy atom. The second kappa shape index (κ2) is 19.2. The molecule has 0 aliphatic carbocycles. The minimum absolute atomic E-state index is 0.0805. The van der Waals surface area contributed by atoms with Crippen molar-refractivity contribution < 1.29 is 23.1 Å². The number of rotatable bonds is 9. The van der Waals surface area contributed by atoms with Gasteiger partial charge in [-0.2, -0.15) is 0 Å². The molecule has 2 heterocycles. The number of piperidine rings is 1. The van der Waals surface area contributed by atoms with Gasteiger partial charge in [0.25, 0.3) is 0 Å². The van der Waals surface area contributed by atoms with Crippen LogP contribution in [0.1, 0.15) is 55.7 Å². The summed E-state index contributed by atoms with van der Waals surface area (Å²) in [6.07, 6.45) is 6.38. The zero-order chi connectivity index (χ0) is 31.8. The van der Waals surface area contributed by atoms with Crippen molar-refractivity contribution in [3.63, 3.8) is 0 Å². The fraction of sp³-hybridized carbons (Fsp3) is 0.533. The first-order valence-corrected chi connectivity index (χ1v) is 17.2.